The zero-order valence-corrected chi connectivity index (χ0v) is 33.5. The summed E-state index contributed by atoms with van der Waals surface area (Å²) in [5.41, 5.74) is 12.8. The van der Waals surface area contributed by atoms with Crippen molar-refractivity contribution in [3.05, 3.63) is 81.4 Å². The minimum absolute atomic E-state index is 0.0167. The number of benzene rings is 2. The number of aliphatic hydroxyl groups excluding tert-OH is 2. The van der Waals surface area contributed by atoms with Gasteiger partial charge < -0.3 is 10.2 Å². The molecule has 2 aromatic rings. The average Bonchev–Trinajstić information content (AvgIpc) is 3.52. The molecule has 1 fully saturated rings. The molecule has 2 aromatic carbocycles. The number of nitrogens with zero attached hydrogens (tertiary/aromatic N) is 2. The highest BCUT2D eigenvalue weighted by molar-refractivity contribution is 6.14. The van der Waals surface area contributed by atoms with Gasteiger partial charge in [-0.15, -0.1) is 0 Å². The zero-order valence-electron chi connectivity index (χ0n) is 33.5. The van der Waals surface area contributed by atoms with Crippen molar-refractivity contribution in [2.75, 3.05) is 0 Å². The Kier molecular flexibility index (Phi) is 7.47. The number of hydrogen-bond acceptors (Lipinski definition) is 4. The van der Waals surface area contributed by atoms with Crippen molar-refractivity contribution in [3.63, 3.8) is 0 Å². The standard InChI is InChI=1S/C48H62N2O2/c1-44(2,3)33-23-24-48(43-47(9,10)32-22-20-27-16-12-14-18-29(27)39(32)50-43)34-25-30(35(37(48)40(33)51)41(52)36(34)45(4,5)6)42-46(7,8)31-21-19-26-15-11-13-17-28(26)38(31)49-42/h19-25,33-37,40-41,51-52H,11-18H2,1-10H3. The van der Waals surface area contributed by atoms with Crippen LogP contribution in [0.3, 0.4) is 0 Å². The van der Waals surface area contributed by atoms with Crippen molar-refractivity contribution >= 4 is 22.8 Å². The quantitative estimate of drug-likeness (QED) is 0.307. The molecule has 10 rings (SSSR count). The predicted molar refractivity (Wildman–Crippen MR) is 214 cm³/mol. The Morgan fingerprint density at radius 1 is 0.673 bits per heavy atom. The summed E-state index contributed by atoms with van der Waals surface area (Å²) in [6.45, 7) is 23.2. The lowest BCUT2D eigenvalue weighted by atomic mass is 9.37. The molecule has 8 unspecified atom stereocenters. The fourth-order valence-corrected chi connectivity index (χ4v) is 12.9. The monoisotopic (exact) mass is 698 g/mol. The number of hydrogen-bond donors (Lipinski definition) is 2. The highest BCUT2D eigenvalue weighted by Crippen LogP contribution is 2.69. The molecular formula is C48H62N2O2. The second-order valence-corrected chi connectivity index (χ2v) is 21.0. The third kappa shape index (κ3) is 4.52. The van der Waals surface area contributed by atoms with Crippen molar-refractivity contribution < 1.29 is 10.2 Å². The average molecular weight is 699 g/mol. The Hall–Kier alpha value is -2.82. The summed E-state index contributed by atoms with van der Waals surface area (Å²) in [5, 5.41) is 26.1. The minimum atomic E-state index is -0.645. The number of rotatable bonds is 2. The molecule has 2 N–H and O–H groups in total. The van der Waals surface area contributed by atoms with Crippen molar-refractivity contribution in [1.82, 2.24) is 0 Å². The molecule has 0 amide bonds. The van der Waals surface area contributed by atoms with Gasteiger partial charge in [-0.25, -0.2) is 0 Å². The SMILES string of the molecule is CC1(C)C(C2=CC3C(C(C)(C)C)C(O)C2C2C(O)C(C(C)(C)C)C=CC32C2=Nc3c(ccc4c3CCCC4)C2(C)C)=Nc2c1ccc1c2CCCC1. The Labute approximate surface area is 313 Å². The molecule has 8 atom stereocenters. The van der Waals surface area contributed by atoms with Gasteiger partial charge in [-0.2, -0.15) is 0 Å². The van der Waals surface area contributed by atoms with E-state index in [0.717, 1.165) is 31.4 Å². The van der Waals surface area contributed by atoms with Gasteiger partial charge in [-0.1, -0.05) is 112 Å². The van der Waals surface area contributed by atoms with Gasteiger partial charge in [0.25, 0.3) is 0 Å². The fourth-order valence-electron chi connectivity index (χ4n) is 12.9. The normalized spacial score (nSPS) is 35.2. The number of aliphatic imine (C=N–C) groups is 2. The van der Waals surface area contributed by atoms with Gasteiger partial charge in [-0.05, 0) is 113 Å². The first-order valence-electron chi connectivity index (χ1n) is 20.7. The van der Waals surface area contributed by atoms with Gasteiger partial charge >= 0.3 is 0 Å². The smallest absolute Gasteiger partial charge is 0.0709 e. The summed E-state index contributed by atoms with van der Waals surface area (Å²) < 4.78 is 0. The van der Waals surface area contributed by atoms with Crippen LogP contribution >= 0.6 is 0 Å². The molecule has 2 aliphatic heterocycles. The van der Waals surface area contributed by atoms with E-state index in [4.69, 9.17) is 9.98 Å². The third-order valence-corrected chi connectivity index (χ3v) is 15.3. The molecular weight excluding hydrogens is 637 g/mol. The molecule has 0 spiro atoms. The van der Waals surface area contributed by atoms with Crippen LogP contribution in [0.1, 0.15) is 128 Å². The van der Waals surface area contributed by atoms with Crippen LogP contribution in [-0.4, -0.2) is 33.8 Å². The van der Waals surface area contributed by atoms with E-state index < -0.39 is 17.6 Å². The zero-order chi connectivity index (χ0) is 36.9. The van der Waals surface area contributed by atoms with E-state index in [0.29, 0.717) is 0 Å². The summed E-state index contributed by atoms with van der Waals surface area (Å²) in [6.07, 6.45) is 15.6. The highest BCUT2D eigenvalue weighted by atomic mass is 16.3. The van der Waals surface area contributed by atoms with E-state index in [1.54, 1.807) is 0 Å². The minimum Gasteiger partial charge on any atom is -0.392 e. The number of aliphatic hydroxyl groups is 2. The van der Waals surface area contributed by atoms with Crippen LogP contribution in [-0.2, 0) is 36.5 Å². The maximum Gasteiger partial charge on any atom is 0.0709 e. The Bertz CT molecular complexity index is 1990. The Balaban J connectivity index is 1.31. The molecule has 276 valence electrons. The van der Waals surface area contributed by atoms with Gasteiger partial charge in [0.15, 0.2) is 0 Å². The lowest BCUT2D eigenvalue weighted by Crippen LogP contribution is -2.70. The molecule has 0 radical (unpaired) electrons. The number of aryl methyl sites for hydroxylation is 2. The van der Waals surface area contributed by atoms with E-state index in [9.17, 15) is 10.2 Å². The first-order chi connectivity index (χ1) is 24.4. The topological polar surface area (TPSA) is 65.2 Å². The molecule has 4 heteroatoms. The van der Waals surface area contributed by atoms with Crippen molar-refractivity contribution in [1.29, 1.82) is 0 Å². The lowest BCUT2D eigenvalue weighted by Gasteiger charge is -2.67. The maximum absolute atomic E-state index is 13.1. The second kappa shape index (κ2) is 11.1. The largest absolute Gasteiger partial charge is 0.392 e. The van der Waals surface area contributed by atoms with Crippen LogP contribution in [0, 0.1) is 45.8 Å². The highest BCUT2D eigenvalue weighted by Gasteiger charge is 2.70. The van der Waals surface area contributed by atoms with E-state index in [-0.39, 0.29) is 51.2 Å². The molecule has 4 nitrogen and oxygen atoms in total. The lowest BCUT2D eigenvalue weighted by molar-refractivity contribution is -0.156. The number of fused-ring (bicyclic) bond motifs is 7. The van der Waals surface area contributed by atoms with Crippen LogP contribution in [0.25, 0.3) is 0 Å². The van der Waals surface area contributed by atoms with Crippen molar-refractivity contribution in [2.45, 2.75) is 144 Å². The number of allylic oxidation sites excluding steroid dienone is 2. The molecule has 2 bridgehead atoms. The summed E-state index contributed by atoms with van der Waals surface area (Å²) >= 11 is 0. The Morgan fingerprint density at radius 2 is 1.23 bits per heavy atom. The summed E-state index contributed by atoms with van der Waals surface area (Å²) in [4.78, 5) is 11.5. The third-order valence-electron chi connectivity index (χ3n) is 15.3. The fraction of sp³-hybridized carbons (Fsp3) is 0.625. The second-order valence-electron chi connectivity index (χ2n) is 21.0. The van der Waals surface area contributed by atoms with E-state index in [1.807, 2.05) is 0 Å². The van der Waals surface area contributed by atoms with Crippen LogP contribution < -0.4 is 0 Å². The summed E-state index contributed by atoms with van der Waals surface area (Å²) in [5.74, 6) is -0.636. The van der Waals surface area contributed by atoms with Crippen LogP contribution in [0.2, 0.25) is 0 Å². The Morgan fingerprint density at radius 3 is 1.81 bits per heavy atom. The molecule has 1 saturated carbocycles. The van der Waals surface area contributed by atoms with Crippen LogP contribution in [0.5, 0.6) is 0 Å². The van der Waals surface area contributed by atoms with Gasteiger partial charge in [-0.3, -0.25) is 9.98 Å². The van der Waals surface area contributed by atoms with E-state index >= 15 is 0 Å². The van der Waals surface area contributed by atoms with Crippen molar-refractivity contribution in [2.24, 2.45) is 55.8 Å². The molecule has 0 saturated heterocycles. The molecule has 6 aliphatic carbocycles. The molecule has 52 heavy (non-hydrogen) atoms. The molecule has 2 heterocycles. The van der Waals surface area contributed by atoms with Gasteiger partial charge in [0, 0.05) is 39.7 Å². The maximum atomic E-state index is 13.1. The molecule has 0 aromatic heterocycles. The van der Waals surface area contributed by atoms with Gasteiger partial charge in [0.2, 0.25) is 0 Å². The van der Waals surface area contributed by atoms with Gasteiger partial charge in [0.05, 0.1) is 29.3 Å². The van der Waals surface area contributed by atoms with E-state index in [1.165, 1.54) is 81.7 Å². The van der Waals surface area contributed by atoms with Crippen molar-refractivity contribution in [3.8, 4) is 0 Å². The first-order valence-corrected chi connectivity index (χ1v) is 20.7. The summed E-state index contributed by atoms with van der Waals surface area (Å²) in [6, 6.07) is 9.46. The summed E-state index contributed by atoms with van der Waals surface area (Å²) in [7, 11) is 0. The van der Waals surface area contributed by atoms with E-state index in [2.05, 4.69) is 112 Å². The van der Waals surface area contributed by atoms with Gasteiger partial charge in [0.1, 0.15) is 0 Å². The van der Waals surface area contributed by atoms with Crippen LogP contribution in [0.15, 0.2) is 58.1 Å². The van der Waals surface area contributed by atoms with Crippen LogP contribution in [0.4, 0.5) is 11.4 Å². The first kappa shape index (κ1) is 34.9. The molecule has 8 aliphatic rings. The predicted octanol–water partition coefficient (Wildman–Crippen LogP) is 10.3.